The van der Waals surface area contributed by atoms with Crippen molar-refractivity contribution in [2.75, 3.05) is 60.1 Å². The molecule has 1 atom stereocenters. The predicted octanol–water partition coefficient (Wildman–Crippen LogP) is 1.94. The molecule has 1 aliphatic rings. The van der Waals surface area contributed by atoms with Gasteiger partial charge in [0.1, 0.15) is 0 Å². The lowest BCUT2D eigenvalue weighted by Crippen LogP contribution is -2.45. The van der Waals surface area contributed by atoms with Crippen molar-refractivity contribution in [2.24, 2.45) is 10.4 Å². The molecule has 0 aromatic heterocycles. The summed E-state index contributed by atoms with van der Waals surface area (Å²) in [6.45, 7) is 13.3. The predicted molar refractivity (Wildman–Crippen MR) is 112 cm³/mol. The molecular weight excluding hydrogens is 419 g/mol. The first-order chi connectivity index (χ1) is 11.0. The SMILES string of the molecule is CN=C(NCCCCN1CCOCC1)NCC(OC)C(C)(C)C.I. The number of unbranched alkanes of at least 4 members (excludes halogenated alkanes) is 1. The Labute approximate surface area is 165 Å². The number of hydrogen-bond acceptors (Lipinski definition) is 4. The third-order valence-electron chi connectivity index (χ3n) is 4.23. The van der Waals surface area contributed by atoms with Crippen LogP contribution < -0.4 is 10.6 Å². The summed E-state index contributed by atoms with van der Waals surface area (Å²) in [6.07, 6.45) is 2.50. The van der Waals surface area contributed by atoms with E-state index in [2.05, 4.69) is 41.3 Å². The molecular formula is C17H37IN4O2. The summed E-state index contributed by atoms with van der Waals surface area (Å²) in [7, 11) is 3.57. The standard InChI is InChI=1S/C17H36N4O2.HI/c1-17(2,3)15(22-5)14-20-16(18-4)19-8-6-7-9-21-10-12-23-13-11-21;/h15H,6-14H2,1-5H3,(H2,18,19,20);1H. The fourth-order valence-electron chi connectivity index (χ4n) is 2.65. The van der Waals surface area contributed by atoms with E-state index in [0.717, 1.165) is 58.3 Å². The van der Waals surface area contributed by atoms with Crippen molar-refractivity contribution in [2.45, 2.75) is 39.7 Å². The highest BCUT2D eigenvalue weighted by molar-refractivity contribution is 14.0. The first-order valence-corrected chi connectivity index (χ1v) is 8.74. The van der Waals surface area contributed by atoms with Crippen molar-refractivity contribution in [3.63, 3.8) is 0 Å². The second-order valence-corrected chi connectivity index (χ2v) is 7.13. The van der Waals surface area contributed by atoms with Crippen LogP contribution in [0.3, 0.4) is 0 Å². The number of halogens is 1. The Kier molecular flexibility index (Phi) is 13.1. The third-order valence-corrected chi connectivity index (χ3v) is 4.23. The molecule has 24 heavy (non-hydrogen) atoms. The molecule has 0 aromatic carbocycles. The van der Waals surface area contributed by atoms with Crippen molar-refractivity contribution >= 4 is 29.9 Å². The minimum Gasteiger partial charge on any atom is -0.379 e. The maximum absolute atomic E-state index is 5.56. The molecule has 6 nitrogen and oxygen atoms in total. The lowest BCUT2D eigenvalue weighted by atomic mass is 9.89. The van der Waals surface area contributed by atoms with Crippen LogP contribution in [0, 0.1) is 5.41 Å². The van der Waals surface area contributed by atoms with Crippen LogP contribution >= 0.6 is 24.0 Å². The van der Waals surface area contributed by atoms with Crippen molar-refractivity contribution in [1.29, 1.82) is 0 Å². The zero-order chi connectivity index (χ0) is 17.1. The number of guanidine groups is 1. The molecule has 0 spiro atoms. The maximum atomic E-state index is 5.56. The second kappa shape index (κ2) is 13.1. The number of ether oxygens (including phenoxy) is 2. The zero-order valence-corrected chi connectivity index (χ0v) is 18.4. The molecule has 144 valence electrons. The fraction of sp³-hybridized carbons (Fsp3) is 0.941. The minimum absolute atomic E-state index is 0. The molecule has 0 aromatic rings. The molecule has 1 rings (SSSR count). The number of morpholine rings is 1. The van der Waals surface area contributed by atoms with Crippen molar-refractivity contribution in [1.82, 2.24) is 15.5 Å². The number of aliphatic imine (C=N–C) groups is 1. The van der Waals surface area contributed by atoms with Gasteiger partial charge in [0.25, 0.3) is 0 Å². The Bertz CT molecular complexity index is 342. The molecule has 2 N–H and O–H groups in total. The van der Waals surface area contributed by atoms with E-state index < -0.39 is 0 Å². The van der Waals surface area contributed by atoms with E-state index in [0.29, 0.717) is 0 Å². The second-order valence-electron chi connectivity index (χ2n) is 7.13. The molecule has 0 bridgehead atoms. The molecule has 1 heterocycles. The van der Waals surface area contributed by atoms with Gasteiger partial charge in [-0.1, -0.05) is 20.8 Å². The van der Waals surface area contributed by atoms with E-state index in [4.69, 9.17) is 9.47 Å². The lowest BCUT2D eigenvalue weighted by molar-refractivity contribution is 0.0205. The van der Waals surface area contributed by atoms with Gasteiger partial charge >= 0.3 is 0 Å². The summed E-state index contributed by atoms with van der Waals surface area (Å²) >= 11 is 0. The van der Waals surface area contributed by atoms with E-state index in [1.165, 1.54) is 6.42 Å². The van der Waals surface area contributed by atoms with E-state index in [1.807, 2.05) is 7.05 Å². The third kappa shape index (κ3) is 10.0. The molecule has 1 fully saturated rings. The summed E-state index contributed by atoms with van der Waals surface area (Å²) in [6, 6.07) is 0. The topological polar surface area (TPSA) is 58.1 Å². The van der Waals surface area contributed by atoms with E-state index in [1.54, 1.807) is 7.11 Å². The van der Waals surface area contributed by atoms with Crippen LogP contribution in [0.15, 0.2) is 4.99 Å². The van der Waals surface area contributed by atoms with Gasteiger partial charge in [-0.25, -0.2) is 0 Å². The van der Waals surface area contributed by atoms with Gasteiger partial charge in [-0.15, -0.1) is 24.0 Å². The molecule has 0 radical (unpaired) electrons. The smallest absolute Gasteiger partial charge is 0.191 e. The highest BCUT2D eigenvalue weighted by Gasteiger charge is 2.24. The summed E-state index contributed by atoms with van der Waals surface area (Å²) < 4.78 is 10.9. The van der Waals surface area contributed by atoms with Gasteiger partial charge in [0.05, 0.1) is 19.3 Å². The Balaban J connectivity index is 0.00000529. The van der Waals surface area contributed by atoms with E-state index in [-0.39, 0.29) is 35.5 Å². The highest BCUT2D eigenvalue weighted by Crippen LogP contribution is 2.20. The first-order valence-electron chi connectivity index (χ1n) is 8.74. The number of nitrogens with zero attached hydrogens (tertiary/aromatic N) is 2. The molecule has 1 unspecified atom stereocenters. The Hall–Kier alpha value is -0.120. The average molecular weight is 456 g/mol. The van der Waals surface area contributed by atoms with Crippen LogP contribution in [-0.4, -0.2) is 77.1 Å². The molecule has 0 aliphatic carbocycles. The summed E-state index contributed by atoms with van der Waals surface area (Å²) in [5.74, 6) is 0.850. The van der Waals surface area contributed by atoms with Crippen LogP contribution in [0.4, 0.5) is 0 Å². The Morgan fingerprint density at radius 2 is 1.88 bits per heavy atom. The van der Waals surface area contributed by atoms with Crippen LogP contribution in [0.5, 0.6) is 0 Å². The van der Waals surface area contributed by atoms with E-state index >= 15 is 0 Å². The quantitative estimate of drug-likeness (QED) is 0.253. The summed E-state index contributed by atoms with van der Waals surface area (Å²) in [5, 5.41) is 6.73. The molecule has 0 amide bonds. The van der Waals surface area contributed by atoms with Gasteiger partial charge in [0, 0.05) is 40.3 Å². The summed E-state index contributed by atoms with van der Waals surface area (Å²) in [5.41, 5.74) is 0.110. The van der Waals surface area contributed by atoms with Gasteiger partial charge in [-0.05, 0) is 24.8 Å². The normalized spacial score (nSPS) is 18.0. The van der Waals surface area contributed by atoms with Crippen LogP contribution in [0.25, 0.3) is 0 Å². The number of methoxy groups -OCH3 is 1. The average Bonchev–Trinajstić information content (AvgIpc) is 2.53. The van der Waals surface area contributed by atoms with Crippen molar-refractivity contribution in [3.05, 3.63) is 0 Å². The maximum Gasteiger partial charge on any atom is 0.191 e. The van der Waals surface area contributed by atoms with Gasteiger partial charge in [0.2, 0.25) is 0 Å². The Morgan fingerprint density at radius 3 is 2.42 bits per heavy atom. The number of rotatable bonds is 8. The number of hydrogen-bond donors (Lipinski definition) is 2. The largest absolute Gasteiger partial charge is 0.379 e. The van der Waals surface area contributed by atoms with Crippen LogP contribution in [0.2, 0.25) is 0 Å². The van der Waals surface area contributed by atoms with Gasteiger partial charge < -0.3 is 20.1 Å². The van der Waals surface area contributed by atoms with E-state index in [9.17, 15) is 0 Å². The minimum atomic E-state index is 0. The van der Waals surface area contributed by atoms with Gasteiger partial charge in [-0.3, -0.25) is 9.89 Å². The van der Waals surface area contributed by atoms with Crippen LogP contribution in [-0.2, 0) is 9.47 Å². The molecule has 7 heteroatoms. The zero-order valence-electron chi connectivity index (χ0n) is 16.1. The molecule has 1 saturated heterocycles. The monoisotopic (exact) mass is 456 g/mol. The van der Waals surface area contributed by atoms with Crippen molar-refractivity contribution < 1.29 is 9.47 Å². The molecule has 1 aliphatic heterocycles. The van der Waals surface area contributed by atoms with Crippen molar-refractivity contribution in [3.8, 4) is 0 Å². The lowest BCUT2D eigenvalue weighted by Gasteiger charge is -2.30. The Morgan fingerprint density at radius 1 is 1.21 bits per heavy atom. The fourth-order valence-corrected chi connectivity index (χ4v) is 2.65. The van der Waals surface area contributed by atoms with Crippen LogP contribution in [0.1, 0.15) is 33.6 Å². The number of nitrogens with one attached hydrogen (secondary N) is 2. The molecule has 0 saturated carbocycles. The van der Waals surface area contributed by atoms with Gasteiger partial charge in [0.15, 0.2) is 5.96 Å². The summed E-state index contributed by atoms with van der Waals surface area (Å²) in [4.78, 5) is 6.75. The van der Waals surface area contributed by atoms with Gasteiger partial charge in [-0.2, -0.15) is 0 Å². The highest BCUT2D eigenvalue weighted by atomic mass is 127. The first kappa shape index (κ1) is 23.9.